The van der Waals surface area contributed by atoms with E-state index in [9.17, 15) is 22.8 Å². The number of nitrogens with one attached hydrogen (secondary N) is 1. The first-order valence-corrected chi connectivity index (χ1v) is 10.0. The maximum atomic E-state index is 13.2. The Bertz CT molecular complexity index is 1310. The van der Waals surface area contributed by atoms with E-state index in [2.05, 4.69) is 19.8 Å². The van der Waals surface area contributed by atoms with E-state index in [0.29, 0.717) is 33.9 Å². The van der Waals surface area contributed by atoms with Crippen LogP contribution >= 0.6 is 0 Å². The highest BCUT2D eigenvalue weighted by Gasteiger charge is 2.21. The van der Waals surface area contributed by atoms with Gasteiger partial charge in [0, 0.05) is 23.4 Å². The van der Waals surface area contributed by atoms with Crippen LogP contribution in [0.5, 0.6) is 0 Å². The van der Waals surface area contributed by atoms with E-state index in [1.165, 1.54) is 21.6 Å². The van der Waals surface area contributed by atoms with Crippen molar-refractivity contribution in [2.45, 2.75) is 19.5 Å². The lowest BCUT2D eigenvalue weighted by Gasteiger charge is -2.13. The van der Waals surface area contributed by atoms with Gasteiger partial charge in [-0.15, -0.1) is 0 Å². The third-order valence-electron chi connectivity index (χ3n) is 4.54. The van der Waals surface area contributed by atoms with Gasteiger partial charge in [0.2, 0.25) is 0 Å². The van der Waals surface area contributed by atoms with Gasteiger partial charge < -0.3 is 9.12 Å². The monoisotopic (exact) mass is 442 g/mol. The zero-order chi connectivity index (χ0) is 22.0. The number of hydrogen-bond donors (Lipinski definition) is 1. The summed E-state index contributed by atoms with van der Waals surface area (Å²) >= 11 is -2.47. The summed E-state index contributed by atoms with van der Waals surface area (Å²) in [5.41, 5.74) is 2.79. The molecule has 0 amide bonds. The second kappa shape index (κ2) is 8.68. The molecule has 0 saturated carbocycles. The van der Waals surface area contributed by atoms with Crippen LogP contribution in [0.15, 0.2) is 48.9 Å². The van der Waals surface area contributed by atoms with Crippen molar-refractivity contribution < 1.29 is 17.5 Å². The number of nitrogens with zero attached hydrogens (tertiary/aromatic N) is 6. The average Bonchev–Trinajstić information content (AvgIpc) is 3.35. The molecule has 12 heteroatoms. The minimum Gasteiger partial charge on any atom is -0.760 e. The molecule has 9 nitrogen and oxygen atoms in total. The van der Waals surface area contributed by atoms with Crippen molar-refractivity contribution in [1.29, 1.82) is 5.26 Å². The summed E-state index contributed by atoms with van der Waals surface area (Å²) in [6, 6.07) is 12.1. The molecule has 0 bridgehead atoms. The average molecular weight is 442 g/mol. The van der Waals surface area contributed by atoms with Gasteiger partial charge in [-0.3, -0.25) is 4.21 Å². The molecule has 31 heavy (non-hydrogen) atoms. The van der Waals surface area contributed by atoms with E-state index in [4.69, 9.17) is 0 Å². The molecule has 3 aromatic heterocycles. The third-order valence-corrected chi connectivity index (χ3v) is 4.92. The van der Waals surface area contributed by atoms with Crippen LogP contribution < -0.4 is 4.72 Å². The first-order valence-electron chi connectivity index (χ1n) is 8.97. The fourth-order valence-electron chi connectivity index (χ4n) is 3.25. The first-order chi connectivity index (χ1) is 15.0. The Hall–Kier alpha value is -3.53. The number of rotatable bonds is 7. The molecule has 4 rings (SSSR count). The predicted octanol–water partition coefficient (Wildman–Crippen LogP) is 2.28. The van der Waals surface area contributed by atoms with Crippen LogP contribution in [0.4, 0.5) is 8.78 Å². The lowest BCUT2D eigenvalue weighted by atomic mass is 10.0. The van der Waals surface area contributed by atoms with Crippen molar-refractivity contribution in [3.05, 3.63) is 60.2 Å². The molecular weight excluding hydrogens is 428 g/mol. The van der Waals surface area contributed by atoms with Gasteiger partial charge >= 0.3 is 0 Å². The maximum Gasteiger partial charge on any atom is 0.256 e. The second-order valence-electron chi connectivity index (χ2n) is 6.44. The van der Waals surface area contributed by atoms with Crippen LogP contribution in [0.1, 0.15) is 11.3 Å². The number of halogens is 2. The van der Waals surface area contributed by atoms with Gasteiger partial charge in [0.1, 0.15) is 11.8 Å². The summed E-state index contributed by atoms with van der Waals surface area (Å²) < 4.78 is 53.3. The number of alkyl halides is 2. The molecule has 0 radical (unpaired) electrons. The smallest absolute Gasteiger partial charge is 0.256 e. The van der Waals surface area contributed by atoms with Gasteiger partial charge in [0.05, 0.1) is 30.5 Å². The van der Waals surface area contributed by atoms with E-state index in [1.807, 2.05) is 6.07 Å². The van der Waals surface area contributed by atoms with Crippen LogP contribution in [0, 0.1) is 11.3 Å². The van der Waals surface area contributed by atoms with Crippen molar-refractivity contribution in [3.63, 3.8) is 0 Å². The molecule has 4 aromatic rings. The van der Waals surface area contributed by atoms with E-state index < -0.39 is 24.2 Å². The lowest BCUT2D eigenvalue weighted by Crippen LogP contribution is -2.16. The van der Waals surface area contributed by atoms with Crippen molar-refractivity contribution in [1.82, 2.24) is 28.9 Å². The van der Waals surface area contributed by atoms with Crippen LogP contribution in [-0.4, -0.2) is 39.3 Å². The normalized spacial score (nSPS) is 12.4. The van der Waals surface area contributed by atoms with Crippen LogP contribution in [0.25, 0.3) is 28.3 Å². The quantitative estimate of drug-likeness (QED) is 0.438. The highest BCUT2D eigenvalue weighted by Crippen LogP contribution is 2.33. The number of nitriles is 1. The number of imidazole rings is 2. The molecular formula is C19H14F2N7O2S-. The van der Waals surface area contributed by atoms with Gasteiger partial charge in [-0.2, -0.15) is 10.4 Å². The van der Waals surface area contributed by atoms with E-state index in [1.54, 1.807) is 36.4 Å². The lowest BCUT2D eigenvalue weighted by molar-refractivity contribution is 0.127. The Kier molecular flexibility index (Phi) is 5.81. The molecule has 158 valence electrons. The first kappa shape index (κ1) is 20.7. The zero-order valence-electron chi connectivity index (χ0n) is 15.8. The molecule has 0 spiro atoms. The van der Waals surface area contributed by atoms with E-state index in [0.717, 1.165) is 0 Å². The molecule has 1 unspecified atom stereocenters. The van der Waals surface area contributed by atoms with Crippen molar-refractivity contribution in [3.8, 4) is 28.7 Å². The SMILES string of the molecule is N#Cc1cnc2ccc(-c3c(-c4ccccc4CNS(=O)[O-])ncn3CC(F)F)nn12. The number of aromatic nitrogens is 5. The Morgan fingerprint density at radius 2 is 2.03 bits per heavy atom. The fourth-order valence-corrected chi connectivity index (χ4v) is 3.53. The summed E-state index contributed by atoms with van der Waals surface area (Å²) in [5, 5.41) is 13.7. The van der Waals surface area contributed by atoms with Crippen molar-refractivity contribution >= 4 is 16.9 Å². The molecule has 0 saturated heterocycles. The molecule has 1 N–H and O–H groups in total. The summed E-state index contributed by atoms with van der Waals surface area (Å²) in [5.74, 6) is 0. The molecule has 3 heterocycles. The highest BCUT2D eigenvalue weighted by atomic mass is 32.2. The van der Waals surface area contributed by atoms with Crippen LogP contribution in [0.3, 0.4) is 0 Å². The second-order valence-corrected chi connectivity index (χ2v) is 7.20. The molecule has 0 aliphatic rings. The minimum absolute atomic E-state index is 0.00000358. The number of benzene rings is 1. The number of fused-ring (bicyclic) bond motifs is 1. The summed E-state index contributed by atoms with van der Waals surface area (Å²) in [4.78, 5) is 8.42. The molecule has 0 aliphatic carbocycles. The fraction of sp³-hybridized carbons (Fsp3) is 0.158. The van der Waals surface area contributed by atoms with E-state index in [-0.39, 0.29) is 12.2 Å². The third kappa shape index (κ3) is 4.19. The summed E-state index contributed by atoms with van der Waals surface area (Å²) in [7, 11) is 0. The minimum atomic E-state index is -2.63. The summed E-state index contributed by atoms with van der Waals surface area (Å²) in [6.07, 6.45) is 0.0258. The van der Waals surface area contributed by atoms with Crippen molar-refractivity contribution in [2.24, 2.45) is 0 Å². The van der Waals surface area contributed by atoms with Crippen molar-refractivity contribution in [2.75, 3.05) is 0 Å². The highest BCUT2D eigenvalue weighted by molar-refractivity contribution is 7.77. The number of hydrogen-bond acceptors (Lipinski definition) is 6. The molecule has 0 fully saturated rings. The standard InChI is InChI=1S/C19H15F2N7O2S/c20-16(21)10-27-11-24-18(14-4-2-1-3-12(14)8-25-31(29)30)19(27)15-5-6-17-23-9-13(7-22)28(17)26-15/h1-6,9,11,16,25H,8,10H2,(H,29,30)/p-1. The Morgan fingerprint density at radius 1 is 1.23 bits per heavy atom. The van der Waals surface area contributed by atoms with Gasteiger partial charge in [-0.25, -0.2) is 28.0 Å². The largest absolute Gasteiger partial charge is 0.760 e. The predicted molar refractivity (Wildman–Crippen MR) is 106 cm³/mol. The van der Waals surface area contributed by atoms with Gasteiger partial charge in [0.25, 0.3) is 6.43 Å². The van der Waals surface area contributed by atoms with Crippen LogP contribution in [-0.2, 0) is 24.4 Å². The van der Waals surface area contributed by atoms with Gasteiger partial charge in [0.15, 0.2) is 11.3 Å². The molecule has 1 aromatic carbocycles. The Balaban J connectivity index is 1.90. The van der Waals surface area contributed by atoms with E-state index >= 15 is 0 Å². The Morgan fingerprint density at radius 3 is 2.77 bits per heavy atom. The van der Waals surface area contributed by atoms with Crippen LogP contribution in [0.2, 0.25) is 0 Å². The summed E-state index contributed by atoms with van der Waals surface area (Å²) in [6.45, 7) is -0.609. The topological polar surface area (TPSA) is 124 Å². The van der Waals surface area contributed by atoms with Gasteiger partial charge in [-0.1, -0.05) is 24.3 Å². The molecule has 1 atom stereocenters. The maximum absolute atomic E-state index is 13.2. The molecule has 0 aliphatic heterocycles. The Labute approximate surface area is 177 Å². The van der Waals surface area contributed by atoms with Gasteiger partial charge in [-0.05, 0) is 17.7 Å². The zero-order valence-corrected chi connectivity index (χ0v) is 16.6.